The molecule has 38 heavy (non-hydrogen) atoms. The number of rotatable bonds is 9. The number of carbonyl (C=O) groups is 1. The molecule has 1 fully saturated rings. The quantitative estimate of drug-likeness (QED) is 0.221. The predicted molar refractivity (Wildman–Crippen MR) is 151 cm³/mol. The standard InChI is InChI=1S/C27H28ClN7O2S/c1-16(2)37-19-14-35(15-19)25-13-23(30-24-12-17(3)33-34-24)31-27(32-25)38-20-10-8-18(9-11-20)29-26(36)21-6-4-5-7-22(21)28/h4-13,16,19H,14-15H2,1-3H3,(H,29,36)(H2,30,31,32,33,34). The van der Waals surface area contributed by atoms with Crippen molar-refractivity contribution in [1.29, 1.82) is 0 Å². The SMILES string of the molecule is Cc1cc(Nc2cc(N3CC(OC(C)C)C3)nc(Sc3ccc(NC(=O)c4ccccc4Cl)cc3)n2)n[nH]1. The first kappa shape index (κ1) is 26.0. The van der Waals surface area contributed by atoms with Gasteiger partial charge in [0, 0.05) is 41.5 Å². The Morgan fingerprint density at radius 2 is 1.87 bits per heavy atom. The topological polar surface area (TPSA) is 108 Å². The molecular weight excluding hydrogens is 522 g/mol. The third-order valence-electron chi connectivity index (χ3n) is 5.73. The second-order valence-corrected chi connectivity index (χ2v) is 10.7. The molecule has 0 saturated carbocycles. The summed E-state index contributed by atoms with van der Waals surface area (Å²) in [5.41, 5.74) is 2.05. The Morgan fingerprint density at radius 1 is 1.11 bits per heavy atom. The summed E-state index contributed by atoms with van der Waals surface area (Å²) in [6, 6.07) is 18.3. The Labute approximate surface area is 230 Å². The molecule has 1 amide bonds. The summed E-state index contributed by atoms with van der Waals surface area (Å²) >= 11 is 7.59. The molecule has 0 radical (unpaired) electrons. The predicted octanol–water partition coefficient (Wildman–Crippen LogP) is 5.92. The van der Waals surface area contributed by atoms with Crippen LogP contribution in [0.2, 0.25) is 5.02 Å². The number of amides is 1. The van der Waals surface area contributed by atoms with Gasteiger partial charge in [0.15, 0.2) is 11.0 Å². The third kappa shape index (κ3) is 6.45. The molecule has 1 saturated heterocycles. The summed E-state index contributed by atoms with van der Waals surface area (Å²) < 4.78 is 5.91. The Balaban J connectivity index is 1.31. The molecule has 0 bridgehead atoms. The Morgan fingerprint density at radius 3 is 2.55 bits per heavy atom. The van der Waals surface area contributed by atoms with E-state index in [9.17, 15) is 4.79 Å². The molecule has 1 aliphatic heterocycles. The fraction of sp³-hybridized carbons (Fsp3) is 0.259. The Kier molecular flexibility index (Phi) is 7.82. The van der Waals surface area contributed by atoms with Gasteiger partial charge < -0.3 is 20.3 Å². The van der Waals surface area contributed by atoms with E-state index in [0.717, 1.165) is 29.5 Å². The zero-order valence-corrected chi connectivity index (χ0v) is 22.8. The highest BCUT2D eigenvalue weighted by molar-refractivity contribution is 7.99. The van der Waals surface area contributed by atoms with E-state index in [1.807, 2.05) is 57.2 Å². The molecule has 3 heterocycles. The minimum atomic E-state index is -0.259. The van der Waals surface area contributed by atoms with Crippen molar-refractivity contribution in [3.8, 4) is 0 Å². The number of carbonyl (C=O) groups excluding carboxylic acids is 1. The number of aromatic nitrogens is 4. The minimum absolute atomic E-state index is 0.191. The van der Waals surface area contributed by atoms with Gasteiger partial charge in [-0.05, 0) is 68.9 Å². The highest BCUT2D eigenvalue weighted by atomic mass is 35.5. The number of hydrogen-bond acceptors (Lipinski definition) is 8. The van der Waals surface area contributed by atoms with Crippen LogP contribution in [-0.4, -0.2) is 51.4 Å². The van der Waals surface area contributed by atoms with Crippen LogP contribution in [0.1, 0.15) is 29.9 Å². The number of ether oxygens (including phenoxy) is 1. The van der Waals surface area contributed by atoms with Crippen LogP contribution < -0.4 is 15.5 Å². The van der Waals surface area contributed by atoms with Gasteiger partial charge in [-0.2, -0.15) is 5.10 Å². The van der Waals surface area contributed by atoms with Gasteiger partial charge in [-0.3, -0.25) is 9.89 Å². The monoisotopic (exact) mass is 549 g/mol. The van der Waals surface area contributed by atoms with Crippen LogP contribution in [0.25, 0.3) is 0 Å². The van der Waals surface area contributed by atoms with Gasteiger partial charge in [0.1, 0.15) is 11.6 Å². The van der Waals surface area contributed by atoms with Gasteiger partial charge in [-0.25, -0.2) is 9.97 Å². The fourth-order valence-corrected chi connectivity index (χ4v) is 4.94. The van der Waals surface area contributed by atoms with Gasteiger partial charge in [0.05, 0.1) is 22.8 Å². The molecule has 0 spiro atoms. The molecule has 4 aromatic rings. The van der Waals surface area contributed by atoms with Crippen molar-refractivity contribution in [2.75, 3.05) is 28.6 Å². The summed E-state index contributed by atoms with van der Waals surface area (Å²) in [5, 5.41) is 14.3. The molecule has 1 aliphatic rings. The summed E-state index contributed by atoms with van der Waals surface area (Å²) in [6.45, 7) is 7.59. The molecule has 0 atom stereocenters. The number of benzene rings is 2. The molecule has 11 heteroatoms. The lowest BCUT2D eigenvalue weighted by Gasteiger charge is -2.40. The first-order valence-corrected chi connectivity index (χ1v) is 13.4. The summed E-state index contributed by atoms with van der Waals surface area (Å²) in [7, 11) is 0. The second kappa shape index (κ2) is 11.4. The molecule has 9 nitrogen and oxygen atoms in total. The molecule has 0 unspecified atom stereocenters. The summed E-state index contributed by atoms with van der Waals surface area (Å²) in [5.74, 6) is 1.90. The van der Waals surface area contributed by atoms with E-state index in [0.29, 0.717) is 33.1 Å². The van der Waals surface area contributed by atoms with Crippen LogP contribution in [0, 0.1) is 6.92 Å². The molecule has 2 aromatic heterocycles. The lowest BCUT2D eigenvalue weighted by molar-refractivity contribution is -0.00749. The number of aromatic amines is 1. The lowest BCUT2D eigenvalue weighted by atomic mass is 10.1. The van der Waals surface area contributed by atoms with Crippen molar-refractivity contribution < 1.29 is 9.53 Å². The highest BCUT2D eigenvalue weighted by Gasteiger charge is 2.30. The van der Waals surface area contributed by atoms with Gasteiger partial charge in [-0.15, -0.1) is 0 Å². The van der Waals surface area contributed by atoms with Crippen molar-refractivity contribution in [1.82, 2.24) is 20.2 Å². The van der Waals surface area contributed by atoms with Gasteiger partial charge in [-0.1, -0.05) is 23.7 Å². The average molecular weight is 550 g/mol. The van der Waals surface area contributed by atoms with Crippen molar-refractivity contribution in [2.24, 2.45) is 0 Å². The van der Waals surface area contributed by atoms with E-state index in [4.69, 9.17) is 26.3 Å². The van der Waals surface area contributed by atoms with Crippen molar-refractivity contribution in [3.05, 3.63) is 76.9 Å². The number of aryl methyl sites for hydroxylation is 1. The molecule has 5 rings (SSSR count). The molecule has 196 valence electrons. The Bertz CT molecular complexity index is 1420. The largest absolute Gasteiger partial charge is 0.372 e. The number of H-pyrrole nitrogens is 1. The maximum Gasteiger partial charge on any atom is 0.257 e. The van der Waals surface area contributed by atoms with Gasteiger partial charge >= 0.3 is 0 Å². The lowest BCUT2D eigenvalue weighted by Crippen LogP contribution is -2.53. The zero-order chi connectivity index (χ0) is 26.6. The molecule has 0 aliphatic carbocycles. The van der Waals surface area contributed by atoms with E-state index in [-0.39, 0.29) is 18.1 Å². The van der Waals surface area contributed by atoms with E-state index < -0.39 is 0 Å². The minimum Gasteiger partial charge on any atom is -0.372 e. The summed E-state index contributed by atoms with van der Waals surface area (Å²) in [4.78, 5) is 25.2. The normalized spacial score (nSPS) is 13.4. The zero-order valence-electron chi connectivity index (χ0n) is 21.2. The van der Waals surface area contributed by atoms with Crippen LogP contribution in [-0.2, 0) is 4.74 Å². The first-order valence-electron chi connectivity index (χ1n) is 12.2. The number of nitrogens with zero attached hydrogens (tertiary/aromatic N) is 4. The molecule has 3 N–H and O–H groups in total. The summed E-state index contributed by atoms with van der Waals surface area (Å²) in [6.07, 6.45) is 0.385. The average Bonchev–Trinajstić information content (AvgIpc) is 3.26. The van der Waals surface area contributed by atoms with E-state index in [2.05, 4.69) is 25.7 Å². The number of halogens is 1. The third-order valence-corrected chi connectivity index (χ3v) is 6.93. The van der Waals surface area contributed by atoms with Crippen LogP contribution in [0.4, 0.5) is 23.1 Å². The Hall–Kier alpha value is -3.60. The van der Waals surface area contributed by atoms with Crippen LogP contribution in [0.5, 0.6) is 0 Å². The van der Waals surface area contributed by atoms with Crippen molar-refractivity contribution in [2.45, 2.75) is 43.0 Å². The number of nitrogens with one attached hydrogen (secondary N) is 3. The number of hydrogen-bond donors (Lipinski definition) is 3. The van der Waals surface area contributed by atoms with E-state index >= 15 is 0 Å². The van der Waals surface area contributed by atoms with Gasteiger partial charge in [0.25, 0.3) is 5.91 Å². The van der Waals surface area contributed by atoms with Crippen LogP contribution in [0.3, 0.4) is 0 Å². The number of anilines is 4. The molecular formula is C27H28ClN7O2S. The van der Waals surface area contributed by atoms with Gasteiger partial charge in [0.2, 0.25) is 0 Å². The highest BCUT2D eigenvalue weighted by Crippen LogP contribution is 2.31. The second-order valence-electron chi connectivity index (χ2n) is 9.23. The van der Waals surface area contributed by atoms with Crippen LogP contribution in [0.15, 0.2) is 70.7 Å². The maximum absolute atomic E-state index is 12.6. The van der Waals surface area contributed by atoms with Crippen LogP contribution >= 0.6 is 23.4 Å². The van der Waals surface area contributed by atoms with E-state index in [1.54, 1.807) is 24.3 Å². The maximum atomic E-state index is 12.6. The fourth-order valence-electron chi connectivity index (χ4n) is 3.95. The first-order chi connectivity index (χ1) is 18.3. The molecule has 2 aromatic carbocycles. The van der Waals surface area contributed by atoms with E-state index in [1.165, 1.54) is 11.8 Å². The van der Waals surface area contributed by atoms with Crippen molar-refractivity contribution >= 4 is 52.4 Å². The smallest absolute Gasteiger partial charge is 0.257 e. The van der Waals surface area contributed by atoms with Crippen molar-refractivity contribution in [3.63, 3.8) is 0 Å².